The highest BCUT2D eigenvalue weighted by Gasteiger charge is 2.29. The summed E-state index contributed by atoms with van der Waals surface area (Å²) in [5, 5.41) is 4.36. The minimum atomic E-state index is -3.33. The van der Waals surface area contributed by atoms with E-state index in [1.165, 1.54) is 0 Å². The maximum absolute atomic E-state index is 12.9. The van der Waals surface area contributed by atoms with Crippen LogP contribution < -0.4 is 0 Å². The van der Waals surface area contributed by atoms with Crippen molar-refractivity contribution in [3.63, 3.8) is 0 Å². The largest absolute Gasteiger partial charge is 0.339 e. The smallest absolute Gasteiger partial charge is 0.257 e. The van der Waals surface area contributed by atoms with E-state index >= 15 is 0 Å². The molecular weight excluding hydrogens is 424 g/mol. The SMILES string of the molecule is O=C(c1cnn2ccc(C3CCN(S(=O)(=O)Cc4ccccc4)CC3)cc12)N1CCCC1. The van der Waals surface area contributed by atoms with Crippen molar-refractivity contribution in [1.29, 1.82) is 0 Å². The normalized spacial score (nSPS) is 18.4. The Hall–Kier alpha value is -2.71. The third-order valence-corrected chi connectivity index (χ3v) is 8.53. The summed E-state index contributed by atoms with van der Waals surface area (Å²) in [6.07, 6.45) is 7.23. The number of sulfonamides is 1. The number of benzene rings is 1. The average Bonchev–Trinajstić information content (AvgIpc) is 3.49. The topological polar surface area (TPSA) is 75.0 Å². The lowest BCUT2D eigenvalue weighted by atomic mass is 9.90. The van der Waals surface area contributed by atoms with Gasteiger partial charge in [0.05, 0.1) is 23.0 Å². The first-order chi connectivity index (χ1) is 15.5. The predicted octanol–water partition coefficient (Wildman–Crippen LogP) is 3.28. The van der Waals surface area contributed by atoms with Gasteiger partial charge >= 0.3 is 0 Å². The number of rotatable bonds is 5. The van der Waals surface area contributed by atoms with Crippen molar-refractivity contribution in [2.45, 2.75) is 37.4 Å². The van der Waals surface area contributed by atoms with Crippen LogP contribution in [0.3, 0.4) is 0 Å². The molecule has 3 aromatic rings. The van der Waals surface area contributed by atoms with Crippen molar-refractivity contribution in [3.05, 3.63) is 71.5 Å². The first kappa shape index (κ1) is 21.2. The number of aromatic nitrogens is 2. The van der Waals surface area contributed by atoms with E-state index in [9.17, 15) is 13.2 Å². The second-order valence-corrected chi connectivity index (χ2v) is 10.7. The Bertz CT molecular complexity index is 1210. The van der Waals surface area contributed by atoms with Crippen LogP contribution in [0.15, 0.2) is 54.9 Å². The Balaban J connectivity index is 1.29. The molecule has 1 amide bonds. The lowest BCUT2D eigenvalue weighted by Crippen LogP contribution is -2.38. The van der Waals surface area contributed by atoms with Crippen molar-refractivity contribution in [2.75, 3.05) is 26.2 Å². The molecule has 168 valence electrons. The molecule has 0 radical (unpaired) electrons. The molecule has 0 spiro atoms. The average molecular weight is 453 g/mol. The lowest BCUT2D eigenvalue weighted by Gasteiger charge is -2.31. The molecule has 2 saturated heterocycles. The maximum atomic E-state index is 12.9. The van der Waals surface area contributed by atoms with Crippen LogP contribution in [0.1, 0.15) is 53.1 Å². The quantitative estimate of drug-likeness (QED) is 0.595. The summed E-state index contributed by atoms with van der Waals surface area (Å²) in [4.78, 5) is 14.8. The van der Waals surface area contributed by atoms with Crippen molar-refractivity contribution < 1.29 is 13.2 Å². The first-order valence-corrected chi connectivity index (χ1v) is 12.9. The van der Waals surface area contributed by atoms with Gasteiger partial charge in [0.2, 0.25) is 10.0 Å². The van der Waals surface area contributed by atoms with Gasteiger partial charge < -0.3 is 4.90 Å². The van der Waals surface area contributed by atoms with Gasteiger partial charge in [-0.2, -0.15) is 5.10 Å². The fourth-order valence-corrected chi connectivity index (χ4v) is 6.41. The van der Waals surface area contributed by atoms with Crippen LogP contribution >= 0.6 is 0 Å². The molecule has 5 rings (SSSR count). The minimum Gasteiger partial charge on any atom is -0.339 e. The zero-order chi connectivity index (χ0) is 22.1. The van der Waals surface area contributed by atoms with Gasteiger partial charge in [0.15, 0.2) is 0 Å². The number of amides is 1. The Kier molecular flexibility index (Phi) is 5.73. The van der Waals surface area contributed by atoms with Crippen LogP contribution in [-0.4, -0.2) is 59.3 Å². The number of carbonyl (C=O) groups excluding carboxylic acids is 1. The van der Waals surface area contributed by atoms with Crippen LogP contribution in [0.2, 0.25) is 0 Å². The molecule has 0 N–H and O–H groups in total. The van der Waals surface area contributed by atoms with Crippen molar-refractivity contribution in [2.24, 2.45) is 0 Å². The van der Waals surface area contributed by atoms with Crippen molar-refractivity contribution in [3.8, 4) is 0 Å². The van der Waals surface area contributed by atoms with E-state index < -0.39 is 10.0 Å². The van der Waals surface area contributed by atoms with Crippen molar-refractivity contribution >= 4 is 21.4 Å². The van der Waals surface area contributed by atoms with Gasteiger partial charge in [0, 0.05) is 32.4 Å². The molecule has 0 atom stereocenters. The fourth-order valence-electron chi connectivity index (χ4n) is 4.85. The Morgan fingerprint density at radius 3 is 2.44 bits per heavy atom. The van der Waals surface area contributed by atoms with E-state index in [0.29, 0.717) is 18.7 Å². The number of likely N-dealkylation sites (tertiary alicyclic amines) is 1. The summed E-state index contributed by atoms with van der Waals surface area (Å²) in [6.45, 7) is 2.66. The highest BCUT2D eigenvalue weighted by Crippen LogP contribution is 2.31. The number of nitrogens with zero attached hydrogens (tertiary/aromatic N) is 4. The van der Waals surface area contributed by atoms with E-state index in [1.54, 1.807) is 15.0 Å². The van der Waals surface area contributed by atoms with Gasteiger partial charge in [-0.3, -0.25) is 4.79 Å². The van der Waals surface area contributed by atoms with E-state index in [-0.39, 0.29) is 17.6 Å². The Labute approximate surface area is 188 Å². The molecule has 0 bridgehead atoms. The number of carbonyl (C=O) groups is 1. The van der Waals surface area contributed by atoms with Gasteiger partial charge in [-0.1, -0.05) is 30.3 Å². The lowest BCUT2D eigenvalue weighted by molar-refractivity contribution is 0.0794. The Morgan fingerprint density at radius 1 is 1.00 bits per heavy atom. The van der Waals surface area contributed by atoms with E-state index in [0.717, 1.165) is 55.4 Å². The van der Waals surface area contributed by atoms with Crippen LogP contribution in [0, 0.1) is 0 Å². The summed E-state index contributed by atoms with van der Waals surface area (Å²) >= 11 is 0. The summed E-state index contributed by atoms with van der Waals surface area (Å²) < 4.78 is 29.1. The third-order valence-electron chi connectivity index (χ3n) is 6.68. The van der Waals surface area contributed by atoms with E-state index in [4.69, 9.17) is 0 Å². The summed E-state index contributed by atoms with van der Waals surface area (Å²) in [6, 6.07) is 13.4. The fraction of sp³-hybridized carbons (Fsp3) is 0.417. The second kappa shape index (κ2) is 8.67. The summed E-state index contributed by atoms with van der Waals surface area (Å²) in [5.41, 5.74) is 3.44. The molecule has 2 aliphatic rings. The molecule has 0 saturated carbocycles. The summed E-state index contributed by atoms with van der Waals surface area (Å²) in [7, 11) is -3.33. The molecule has 2 fully saturated rings. The minimum absolute atomic E-state index is 0.0439. The highest BCUT2D eigenvalue weighted by atomic mass is 32.2. The maximum Gasteiger partial charge on any atom is 0.257 e. The third kappa shape index (κ3) is 4.17. The number of hydrogen-bond donors (Lipinski definition) is 0. The molecule has 0 unspecified atom stereocenters. The van der Waals surface area contributed by atoms with E-state index in [2.05, 4.69) is 11.2 Å². The molecule has 0 aliphatic carbocycles. The molecule has 8 heteroatoms. The zero-order valence-corrected chi connectivity index (χ0v) is 18.9. The van der Waals surface area contributed by atoms with Gasteiger partial charge in [0.1, 0.15) is 0 Å². The molecule has 4 heterocycles. The zero-order valence-electron chi connectivity index (χ0n) is 18.1. The number of pyridine rings is 1. The van der Waals surface area contributed by atoms with Crippen LogP contribution in [-0.2, 0) is 15.8 Å². The van der Waals surface area contributed by atoms with Crippen LogP contribution in [0.25, 0.3) is 5.52 Å². The number of fused-ring (bicyclic) bond motifs is 1. The standard InChI is InChI=1S/C24H28N4O3S/c29-24(26-11-4-5-12-26)22-17-25-28-15-10-21(16-23(22)28)20-8-13-27(14-9-20)32(30,31)18-19-6-2-1-3-7-19/h1-3,6-7,10,15-17,20H,4-5,8-9,11-14,18H2. The Morgan fingerprint density at radius 2 is 1.72 bits per heavy atom. The first-order valence-electron chi connectivity index (χ1n) is 11.3. The molecule has 2 aromatic heterocycles. The monoisotopic (exact) mass is 452 g/mol. The van der Waals surface area contributed by atoms with Crippen LogP contribution in [0.5, 0.6) is 0 Å². The molecule has 7 nitrogen and oxygen atoms in total. The molecular formula is C24H28N4O3S. The highest BCUT2D eigenvalue weighted by molar-refractivity contribution is 7.88. The van der Waals surface area contributed by atoms with Crippen LogP contribution in [0.4, 0.5) is 0 Å². The molecule has 2 aliphatic heterocycles. The van der Waals surface area contributed by atoms with Gasteiger partial charge in [-0.25, -0.2) is 17.2 Å². The molecule has 1 aromatic carbocycles. The number of hydrogen-bond acceptors (Lipinski definition) is 4. The van der Waals surface area contributed by atoms with Crippen molar-refractivity contribution in [1.82, 2.24) is 18.8 Å². The molecule has 32 heavy (non-hydrogen) atoms. The number of piperidine rings is 1. The summed E-state index contributed by atoms with van der Waals surface area (Å²) in [5.74, 6) is 0.367. The second-order valence-electron chi connectivity index (χ2n) is 8.76. The van der Waals surface area contributed by atoms with Gasteiger partial charge in [0.25, 0.3) is 5.91 Å². The predicted molar refractivity (Wildman–Crippen MR) is 123 cm³/mol. The van der Waals surface area contributed by atoms with Gasteiger partial charge in [-0.15, -0.1) is 0 Å². The van der Waals surface area contributed by atoms with E-state index in [1.807, 2.05) is 47.5 Å². The van der Waals surface area contributed by atoms with Gasteiger partial charge in [-0.05, 0) is 54.9 Å².